The van der Waals surface area contributed by atoms with Crippen LogP contribution in [0.1, 0.15) is 43.6 Å². The van der Waals surface area contributed by atoms with Crippen molar-refractivity contribution in [2.75, 3.05) is 36.9 Å². The SMILES string of the molecule is O=CNc1cc(C(O)CNCCCCCCNc2ncnc3c2ncn3[C@@H]2O[C@H](CO)[C@@H](O)[C@H]2O)ccc1O. The molecule has 1 aromatic carbocycles. The number of amides is 1. The maximum atomic E-state index is 10.6. The third-order valence-corrected chi connectivity index (χ3v) is 6.68. The van der Waals surface area contributed by atoms with Gasteiger partial charge in [-0.2, -0.15) is 0 Å². The molecule has 2 aromatic heterocycles. The van der Waals surface area contributed by atoms with Gasteiger partial charge in [-0.1, -0.05) is 18.9 Å². The van der Waals surface area contributed by atoms with Crippen molar-refractivity contribution >= 4 is 29.1 Å². The molecular formula is C25H35N7O7. The Labute approximate surface area is 224 Å². The van der Waals surface area contributed by atoms with Gasteiger partial charge >= 0.3 is 0 Å². The van der Waals surface area contributed by atoms with Crippen LogP contribution in [-0.4, -0.2) is 96.0 Å². The monoisotopic (exact) mass is 545 g/mol. The number of fused-ring (bicyclic) bond motifs is 1. The van der Waals surface area contributed by atoms with Crippen molar-refractivity contribution in [2.45, 2.75) is 56.3 Å². The second kappa shape index (κ2) is 13.6. The quantitative estimate of drug-likeness (QED) is 0.0722. The molecule has 14 heteroatoms. The molecule has 8 N–H and O–H groups in total. The topological polar surface area (TPSA) is 207 Å². The minimum Gasteiger partial charge on any atom is -0.506 e. The van der Waals surface area contributed by atoms with Gasteiger partial charge in [-0.15, -0.1) is 0 Å². The van der Waals surface area contributed by atoms with E-state index in [4.69, 9.17) is 4.74 Å². The number of unbranched alkanes of at least 4 members (excludes halogenated alkanes) is 3. The Kier molecular flexibility index (Phi) is 9.97. The van der Waals surface area contributed by atoms with Gasteiger partial charge in [0.15, 0.2) is 23.2 Å². The molecule has 3 aromatic rings. The number of imidazole rings is 1. The third-order valence-electron chi connectivity index (χ3n) is 6.68. The lowest BCUT2D eigenvalue weighted by Crippen LogP contribution is -2.33. The summed E-state index contributed by atoms with van der Waals surface area (Å²) in [4.78, 5) is 23.5. The maximum absolute atomic E-state index is 10.6. The molecule has 0 aliphatic carbocycles. The van der Waals surface area contributed by atoms with E-state index in [1.165, 1.54) is 23.3 Å². The summed E-state index contributed by atoms with van der Waals surface area (Å²) in [5.41, 5.74) is 1.81. The van der Waals surface area contributed by atoms with Crippen LogP contribution in [0.25, 0.3) is 11.2 Å². The zero-order valence-electron chi connectivity index (χ0n) is 21.3. The van der Waals surface area contributed by atoms with Crippen LogP contribution in [0.2, 0.25) is 0 Å². The van der Waals surface area contributed by atoms with E-state index in [1.807, 2.05) is 0 Å². The molecule has 1 fully saturated rings. The van der Waals surface area contributed by atoms with Gasteiger partial charge in [-0.25, -0.2) is 15.0 Å². The number of aliphatic hydroxyl groups is 4. The Morgan fingerprint density at radius 3 is 2.62 bits per heavy atom. The number of nitrogens with one attached hydrogen (secondary N) is 3. The van der Waals surface area contributed by atoms with Crippen LogP contribution in [0.3, 0.4) is 0 Å². The van der Waals surface area contributed by atoms with E-state index in [1.54, 1.807) is 12.1 Å². The van der Waals surface area contributed by atoms with Crippen LogP contribution < -0.4 is 16.0 Å². The van der Waals surface area contributed by atoms with Gasteiger partial charge in [-0.05, 0) is 37.1 Å². The zero-order chi connectivity index (χ0) is 27.8. The predicted molar refractivity (Wildman–Crippen MR) is 141 cm³/mol. The molecule has 1 saturated heterocycles. The summed E-state index contributed by atoms with van der Waals surface area (Å²) in [5.74, 6) is 0.498. The number of anilines is 2. The molecule has 1 aliphatic rings. The van der Waals surface area contributed by atoms with Gasteiger partial charge in [0, 0.05) is 13.1 Å². The van der Waals surface area contributed by atoms with E-state index in [2.05, 4.69) is 30.9 Å². The van der Waals surface area contributed by atoms with Gasteiger partial charge in [-0.3, -0.25) is 9.36 Å². The minimum absolute atomic E-state index is 0.0597. The Hall–Kier alpha value is -3.40. The zero-order valence-corrected chi connectivity index (χ0v) is 21.3. The van der Waals surface area contributed by atoms with Gasteiger partial charge in [0.2, 0.25) is 6.41 Å². The second-order valence-corrected chi connectivity index (χ2v) is 9.37. The van der Waals surface area contributed by atoms with Crippen molar-refractivity contribution in [3.05, 3.63) is 36.4 Å². The summed E-state index contributed by atoms with van der Waals surface area (Å²) in [5, 5.41) is 58.6. The summed E-state index contributed by atoms with van der Waals surface area (Å²) < 4.78 is 7.11. The maximum Gasteiger partial charge on any atom is 0.211 e. The minimum atomic E-state index is -1.23. The van der Waals surface area contributed by atoms with E-state index in [0.717, 1.165) is 32.2 Å². The van der Waals surface area contributed by atoms with E-state index in [-0.39, 0.29) is 11.4 Å². The average molecular weight is 546 g/mol. The number of hydrogen-bond acceptors (Lipinski definition) is 12. The van der Waals surface area contributed by atoms with Gasteiger partial charge in [0.05, 0.1) is 24.7 Å². The summed E-state index contributed by atoms with van der Waals surface area (Å²) in [7, 11) is 0. The number of rotatable bonds is 15. The largest absolute Gasteiger partial charge is 0.506 e. The number of aromatic nitrogens is 4. The fraction of sp³-hybridized carbons (Fsp3) is 0.520. The molecule has 0 bridgehead atoms. The second-order valence-electron chi connectivity index (χ2n) is 9.37. The Morgan fingerprint density at radius 1 is 1.08 bits per heavy atom. The van der Waals surface area contributed by atoms with Crippen LogP contribution in [0, 0.1) is 0 Å². The molecule has 5 atom stereocenters. The Morgan fingerprint density at radius 2 is 1.87 bits per heavy atom. The first kappa shape index (κ1) is 28.6. The highest BCUT2D eigenvalue weighted by atomic mass is 16.6. The summed E-state index contributed by atoms with van der Waals surface area (Å²) in [6.07, 6.45) is 2.15. The van der Waals surface area contributed by atoms with E-state index >= 15 is 0 Å². The molecule has 0 radical (unpaired) electrons. The van der Waals surface area contributed by atoms with Crippen molar-refractivity contribution in [3.63, 3.8) is 0 Å². The number of hydrogen-bond donors (Lipinski definition) is 8. The number of aromatic hydroxyl groups is 1. The summed E-state index contributed by atoms with van der Waals surface area (Å²) in [6, 6.07) is 4.59. The standard InChI is InChI=1S/C25H35N7O7/c33-11-19-21(37)22(38)25(39-19)32-13-30-20-23(28-12-29-24(20)32)27-8-4-2-1-3-7-26-10-18(36)15-5-6-17(35)16(9-15)31-14-34/h5-6,9,12-14,18-19,21-22,25-26,33,35-38H,1-4,7-8,10-11H2,(H,31,34)(H,27,28,29)/t18?,19-,21-,22-,25-/m1/s1. The normalized spacial score (nSPS) is 21.7. The first-order chi connectivity index (χ1) is 18.9. The van der Waals surface area contributed by atoms with Crippen LogP contribution in [0.15, 0.2) is 30.9 Å². The van der Waals surface area contributed by atoms with Crippen LogP contribution in [0.4, 0.5) is 11.5 Å². The van der Waals surface area contributed by atoms with Crippen molar-refractivity contribution in [3.8, 4) is 5.75 Å². The lowest BCUT2D eigenvalue weighted by atomic mass is 10.1. The number of ether oxygens (including phenoxy) is 1. The summed E-state index contributed by atoms with van der Waals surface area (Å²) >= 11 is 0. The van der Waals surface area contributed by atoms with Crippen LogP contribution >= 0.6 is 0 Å². The third kappa shape index (κ3) is 6.79. The first-order valence-corrected chi connectivity index (χ1v) is 12.9. The first-order valence-electron chi connectivity index (χ1n) is 12.9. The molecule has 1 amide bonds. The molecule has 0 spiro atoms. The molecule has 39 heavy (non-hydrogen) atoms. The van der Waals surface area contributed by atoms with Crippen LogP contribution in [-0.2, 0) is 9.53 Å². The van der Waals surface area contributed by atoms with Gasteiger partial charge in [0.1, 0.15) is 30.4 Å². The molecule has 212 valence electrons. The highest BCUT2D eigenvalue weighted by Gasteiger charge is 2.44. The molecule has 0 saturated carbocycles. The van der Waals surface area contributed by atoms with Crippen molar-refractivity contribution in [1.29, 1.82) is 0 Å². The lowest BCUT2D eigenvalue weighted by molar-refractivity contribution is -0.105. The molecule has 1 unspecified atom stereocenters. The number of benzene rings is 1. The fourth-order valence-corrected chi connectivity index (χ4v) is 4.51. The highest BCUT2D eigenvalue weighted by molar-refractivity contribution is 5.82. The molecule has 14 nitrogen and oxygen atoms in total. The van der Waals surface area contributed by atoms with Crippen molar-refractivity contribution in [2.24, 2.45) is 0 Å². The Bertz CT molecular complexity index is 1230. The smallest absolute Gasteiger partial charge is 0.211 e. The highest BCUT2D eigenvalue weighted by Crippen LogP contribution is 2.32. The fourth-order valence-electron chi connectivity index (χ4n) is 4.51. The number of phenols is 1. The molecular weight excluding hydrogens is 510 g/mol. The lowest BCUT2D eigenvalue weighted by Gasteiger charge is -2.16. The number of phenolic OH excluding ortho intramolecular Hbond substituents is 1. The Balaban J connectivity index is 1.15. The van der Waals surface area contributed by atoms with Crippen molar-refractivity contribution < 1.29 is 35.1 Å². The molecule has 1 aliphatic heterocycles. The van der Waals surface area contributed by atoms with Gasteiger partial charge in [0.25, 0.3) is 0 Å². The number of aliphatic hydroxyl groups excluding tert-OH is 4. The molecule has 4 rings (SSSR count). The number of nitrogens with zero attached hydrogens (tertiary/aromatic N) is 4. The summed E-state index contributed by atoms with van der Waals surface area (Å²) in [6.45, 7) is 1.36. The van der Waals surface area contributed by atoms with E-state index < -0.39 is 37.3 Å². The van der Waals surface area contributed by atoms with Crippen LogP contribution in [0.5, 0.6) is 5.75 Å². The van der Waals surface area contributed by atoms with E-state index in [9.17, 15) is 30.3 Å². The van der Waals surface area contributed by atoms with Crippen molar-refractivity contribution in [1.82, 2.24) is 24.8 Å². The predicted octanol–water partition coefficient (Wildman–Crippen LogP) is 0.00720. The average Bonchev–Trinajstić information content (AvgIpc) is 3.49. The number of carbonyl (C=O) groups is 1. The van der Waals surface area contributed by atoms with Gasteiger partial charge < -0.3 is 46.2 Å². The number of carbonyl (C=O) groups excluding carboxylic acids is 1. The molecule has 3 heterocycles. The van der Waals surface area contributed by atoms with E-state index in [0.29, 0.717) is 42.0 Å².